The van der Waals surface area contributed by atoms with E-state index < -0.39 is 5.91 Å². The minimum absolute atomic E-state index is 0.00371. The molecule has 1 atom stereocenters. The van der Waals surface area contributed by atoms with Gasteiger partial charge in [0.2, 0.25) is 0 Å². The highest BCUT2D eigenvalue weighted by Gasteiger charge is 2.17. The van der Waals surface area contributed by atoms with Crippen LogP contribution in [0.2, 0.25) is 5.15 Å². The number of nitrogens with one attached hydrogen (secondary N) is 2. The molecule has 0 radical (unpaired) electrons. The van der Waals surface area contributed by atoms with Crippen molar-refractivity contribution in [2.45, 2.75) is 45.1 Å². The molecule has 0 saturated heterocycles. The number of amides is 1. The van der Waals surface area contributed by atoms with Gasteiger partial charge in [0.25, 0.3) is 5.91 Å². The summed E-state index contributed by atoms with van der Waals surface area (Å²) in [5.74, 6) is -0.636. The number of nitrogens with zero attached hydrogens (tertiary/aromatic N) is 3. The van der Waals surface area contributed by atoms with Crippen LogP contribution >= 0.6 is 11.6 Å². The van der Waals surface area contributed by atoms with E-state index in [9.17, 15) is 14.4 Å². The fourth-order valence-corrected chi connectivity index (χ4v) is 3.62. The van der Waals surface area contributed by atoms with Gasteiger partial charge in [-0.2, -0.15) is 0 Å². The second-order valence-electron chi connectivity index (χ2n) is 8.64. The van der Waals surface area contributed by atoms with Gasteiger partial charge in [0.15, 0.2) is 28.4 Å². The molecule has 2 aromatic rings. The number of aliphatic imine (C=N–C) groups is 1. The van der Waals surface area contributed by atoms with E-state index in [2.05, 4.69) is 30.3 Å². The third kappa shape index (κ3) is 11.5. The zero-order chi connectivity index (χ0) is 28.8. The minimum Gasteiger partial charge on any atom is -0.492 e. The number of Topliss-reactive ketones (excluding diaryl/α,β-unsaturated/α-hetero) is 1. The summed E-state index contributed by atoms with van der Waals surface area (Å²) in [7, 11) is 1.32. The number of ketones is 1. The molecule has 14 heteroatoms. The quantitative estimate of drug-likeness (QED) is 0.0901. The van der Waals surface area contributed by atoms with Crippen molar-refractivity contribution in [1.29, 1.82) is 0 Å². The van der Waals surface area contributed by atoms with Crippen LogP contribution in [0.1, 0.15) is 48.7 Å². The van der Waals surface area contributed by atoms with Crippen molar-refractivity contribution >= 4 is 46.9 Å². The van der Waals surface area contributed by atoms with Crippen LogP contribution in [0.4, 0.5) is 11.6 Å². The molecule has 0 aliphatic rings. The van der Waals surface area contributed by atoms with Gasteiger partial charge in [0, 0.05) is 25.6 Å². The molecule has 1 aromatic heterocycles. The molecule has 0 bridgehead atoms. The molecule has 212 valence electrons. The predicted octanol–water partition coefficient (Wildman–Crippen LogP) is 1.24. The maximum absolute atomic E-state index is 12.2. The van der Waals surface area contributed by atoms with Crippen LogP contribution in [0.15, 0.2) is 29.3 Å². The average molecular weight is 563 g/mol. The Kier molecular flexibility index (Phi) is 12.9. The number of benzene rings is 1. The summed E-state index contributed by atoms with van der Waals surface area (Å²) in [5.41, 5.74) is 17.9. The molecule has 0 aliphatic heterocycles. The number of carbonyl (C=O) groups is 3. The third-order valence-corrected chi connectivity index (χ3v) is 5.70. The Labute approximate surface area is 231 Å². The van der Waals surface area contributed by atoms with Gasteiger partial charge in [-0.1, -0.05) is 23.7 Å². The number of nitrogens with two attached hydrogens (primary N) is 3. The average Bonchev–Trinajstić information content (AvgIpc) is 2.88. The van der Waals surface area contributed by atoms with Crippen LogP contribution in [0.5, 0.6) is 5.75 Å². The molecular formula is C25H35ClN8O5. The first-order chi connectivity index (χ1) is 18.6. The van der Waals surface area contributed by atoms with E-state index in [4.69, 9.17) is 33.5 Å². The van der Waals surface area contributed by atoms with Crippen LogP contribution in [0.3, 0.4) is 0 Å². The van der Waals surface area contributed by atoms with Crippen LogP contribution in [-0.4, -0.2) is 66.4 Å². The van der Waals surface area contributed by atoms with Crippen molar-refractivity contribution < 1.29 is 23.9 Å². The summed E-state index contributed by atoms with van der Waals surface area (Å²) in [5, 5.41) is 5.43. The number of esters is 1. The van der Waals surface area contributed by atoms with Crippen molar-refractivity contribution in [2.24, 2.45) is 10.7 Å². The monoisotopic (exact) mass is 562 g/mol. The number of anilines is 2. The number of guanidine groups is 1. The van der Waals surface area contributed by atoms with E-state index in [-0.39, 0.29) is 59.1 Å². The van der Waals surface area contributed by atoms with Gasteiger partial charge in [-0.05, 0) is 43.9 Å². The summed E-state index contributed by atoms with van der Waals surface area (Å²) < 4.78 is 10.4. The highest BCUT2D eigenvalue weighted by Crippen LogP contribution is 2.17. The largest absolute Gasteiger partial charge is 0.492 e. The summed E-state index contributed by atoms with van der Waals surface area (Å²) in [6.45, 7) is 2.77. The number of rotatable bonds is 15. The molecule has 1 heterocycles. The first-order valence-electron chi connectivity index (χ1n) is 12.3. The molecule has 13 nitrogen and oxygen atoms in total. The summed E-state index contributed by atoms with van der Waals surface area (Å²) in [6.07, 6.45) is 2.82. The number of ether oxygens (including phenoxy) is 2. The summed E-state index contributed by atoms with van der Waals surface area (Å²) in [4.78, 5) is 46.9. The fourth-order valence-electron chi connectivity index (χ4n) is 3.50. The molecule has 8 N–H and O–H groups in total. The van der Waals surface area contributed by atoms with Crippen molar-refractivity contribution in [3.63, 3.8) is 0 Å². The van der Waals surface area contributed by atoms with Crippen LogP contribution in [-0.2, 0) is 20.7 Å². The molecule has 1 unspecified atom stereocenters. The van der Waals surface area contributed by atoms with E-state index in [1.165, 1.54) is 14.0 Å². The van der Waals surface area contributed by atoms with E-state index >= 15 is 0 Å². The SMILES string of the molecule is COC(=O)CC(CC(C)=O)NCCOc1ccc(CCCCN=C(N)NC(=O)c2nc(Cl)c(N)nc2N)cc1. The number of nitrogen functional groups attached to an aromatic ring is 2. The lowest BCUT2D eigenvalue weighted by molar-refractivity contribution is -0.141. The lowest BCUT2D eigenvalue weighted by Gasteiger charge is -2.16. The van der Waals surface area contributed by atoms with Crippen molar-refractivity contribution in [3.8, 4) is 5.75 Å². The first-order valence-corrected chi connectivity index (χ1v) is 12.7. The Morgan fingerprint density at radius 1 is 1.08 bits per heavy atom. The molecule has 0 aliphatic carbocycles. The van der Waals surface area contributed by atoms with Gasteiger partial charge < -0.3 is 32.0 Å². The Morgan fingerprint density at radius 3 is 2.46 bits per heavy atom. The fraction of sp³-hybridized carbons (Fsp3) is 0.440. The van der Waals surface area contributed by atoms with Crippen molar-refractivity contribution in [1.82, 2.24) is 20.6 Å². The number of unbranched alkanes of at least 4 members (excludes halogenated alkanes) is 1. The molecule has 0 spiro atoms. The molecule has 2 rings (SSSR count). The van der Waals surface area contributed by atoms with Gasteiger partial charge >= 0.3 is 5.97 Å². The van der Waals surface area contributed by atoms with Crippen LogP contribution in [0, 0.1) is 0 Å². The number of methoxy groups -OCH3 is 1. The molecular weight excluding hydrogens is 528 g/mol. The van der Waals surface area contributed by atoms with Gasteiger partial charge in [0.1, 0.15) is 18.1 Å². The highest BCUT2D eigenvalue weighted by molar-refractivity contribution is 6.31. The molecule has 1 amide bonds. The van der Waals surface area contributed by atoms with E-state index in [0.29, 0.717) is 19.7 Å². The molecule has 0 fully saturated rings. The number of carbonyl (C=O) groups excluding carboxylic acids is 3. The molecule has 1 aromatic carbocycles. The predicted molar refractivity (Wildman–Crippen MR) is 148 cm³/mol. The maximum Gasteiger partial charge on any atom is 0.307 e. The number of halogens is 1. The normalized spacial score (nSPS) is 12.0. The number of hydrogen-bond acceptors (Lipinski definition) is 11. The standard InChI is InChI=1S/C25H35ClN8O5/c1-15(35)13-17(14-19(36)38-2)30-11-12-39-18-8-6-16(7-9-18)5-3-4-10-31-25(29)34-24(37)20-22(27)33-23(28)21(26)32-20/h6-9,17,30H,3-5,10-14H2,1-2H3,(H4,27,28,33)(H3,29,31,34,37). The Hall–Kier alpha value is -3.97. The minimum atomic E-state index is -0.682. The Balaban J connectivity index is 1.68. The van der Waals surface area contributed by atoms with Gasteiger partial charge in [-0.3, -0.25) is 24.7 Å². The number of hydrogen-bond donors (Lipinski definition) is 5. The third-order valence-electron chi connectivity index (χ3n) is 5.42. The van der Waals surface area contributed by atoms with E-state index in [0.717, 1.165) is 30.6 Å². The van der Waals surface area contributed by atoms with E-state index in [1.54, 1.807) is 0 Å². The zero-order valence-corrected chi connectivity index (χ0v) is 22.8. The van der Waals surface area contributed by atoms with E-state index in [1.807, 2.05) is 24.3 Å². The van der Waals surface area contributed by atoms with Gasteiger partial charge in [-0.25, -0.2) is 9.97 Å². The smallest absolute Gasteiger partial charge is 0.307 e. The molecule has 39 heavy (non-hydrogen) atoms. The number of aryl methyl sites for hydroxylation is 1. The Bertz CT molecular complexity index is 1160. The Morgan fingerprint density at radius 2 is 1.79 bits per heavy atom. The second kappa shape index (κ2) is 16.1. The molecule has 0 saturated carbocycles. The second-order valence-corrected chi connectivity index (χ2v) is 9.00. The summed E-state index contributed by atoms with van der Waals surface area (Å²) in [6, 6.07) is 7.47. The maximum atomic E-state index is 12.2. The number of aromatic nitrogens is 2. The van der Waals surface area contributed by atoms with Crippen molar-refractivity contribution in [2.75, 3.05) is 38.3 Å². The zero-order valence-electron chi connectivity index (χ0n) is 22.0. The topological polar surface area (TPSA) is 210 Å². The van der Waals surface area contributed by atoms with Crippen molar-refractivity contribution in [3.05, 3.63) is 40.7 Å². The lowest BCUT2D eigenvalue weighted by atomic mass is 10.1. The van der Waals surface area contributed by atoms with Gasteiger partial charge in [0.05, 0.1) is 13.5 Å². The van der Waals surface area contributed by atoms with Gasteiger partial charge in [-0.15, -0.1) is 0 Å². The van der Waals surface area contributed by atoms with Crippen LogP contribution in [0.25, 0.3) is 0 Å². The van der Waals surface area contributed by atoms with Crippen LogP contribution < -0.4 is 32.6 Å². The first kappa shape index (κ1) is 31.2. The highest BCUT2D eigenvalue weighted by atomic mass is 35.5. The summed E-state index contributed by atoms with van der Waals surface area (Å²) >= 11 is 5.79. The lowest BCUT2D eigenvalue weighted by Crippen LogP contribution is -2.38.